The third-order valence-corrected chi connectivity index (χ3v) is 1.31. The highest BCUT2D eigenvalue weighted by Gasteiger charge is 1.98. The van der Waals surface area contributed by atoms with Gasteiger partial charge in [0.25, 0.3) is 0 Å². The molecule has 0 aromatic carbocycles. The first-order valence-corrected chi connectivity index (χ1v) is 3.03. The topological polar surface area (TPSA) is 72.9 Å². The van der Waals surface area contributed by atoms with Gasteiger partial charge in [0.15, 0.2) is 5.82 Å². The van der Waals surface area contributed by atoms with Crippen LogP contribution in [0.15, 0.2) is 17.2 Å². The summed E-state index contributed by atoms with van der Waals surface area (Å²) < 4.78 is 0. The van der Waals surface area contributed by atoms with Gasteiger partial charge in [-0.1, -0.05) is 0 Å². The van der Waals surface area contributed by atoms with Gasteiger partial charge in [-0.15, -0.1) is 5.11 Å². The number of nitriles is 1. The lowest BCUT2D eigenvalue weighted by molar-refractivity contribution is 1.06. The lowest BCUT2D eigenvalue weighted by Gasteiger charge is -1.94. The van der Waals surface area contributed by atoms with Crippen LogP contribution in [0.3, 0.4) is 0 Å². The summed E-state index contributed by atoms with van der Waals surface area (Å²) in [6.45, 7) is 1.72. The third-order valence-electron chi connectivity index (χ3n) is 1.31. The van der Waals surface area contributed by atoms with Gasteiger partial charge in [0.1, 0.15) is 6.07 Å². The van der Waals surface area contributed by atoms with Crippen LogP contribution in [0.2, 0.25) is 0 Å². The maximum Gasteiger partial charge on any atom is 0.173 e. The molecule has 1 aromatic rings. The van der Waals surface area contributed by atoms with Crippen molar-refractivity contribution in [3.8, 4) is 6.07 Å². The maximum absolute atomic E-state index is 8.51. The highest BCUT2D eigenvalue weighted by molar-refractivity contribution is 5.38. The highest BCUT2D eigenvalue weighted by atomic mass is 15.0. The van der Waals surface area contributed by atoms with E-state index in [4.69, 9.17) is 10.8 Å². The molecule has 0 radical (unpaired) electrons. The van der Waals surface area contributed by atoms with Crippen LogP contribution in [0, 0.1) is 23.8 Å². The van der Waals surface area contributed by atoms with Crippen LogP contribution < -0.4 is 0 Å². The zero-order valence-electron chi connectivity index (χ0n) is 6.00. The third kappa shape index (κ3) is 1.38. The Bertz CT molecular complexity index is 324. The van der Waals surface area contributed by atoms with Gasteiger partial charge in [-0.2, -0.15) is 5.26 Å². The molecule has 0 aliphatic heterocycles. The molecule has 0 saturated heterocycles. The average Bonchev–Trinajstić information content (AvgIpc) is 2.04. The van der Waals surface area contributed by atoms with Crippen molar-refractivity contribution in [3.63, 3.8) is 0 Å². The van der Waals surface area contributed by atoms with Crippen LogP contribution in [0.4, 0.5) is 5.82 Å². The van der Waals surface area contributed by atoms with E-state index in [1.807, 2.05) is 6.07 Å². The summed E-state index contributed by atoms with van der Waals surface area (Å²) in [7, 11) is 0. The molecule has 4 nitrogen and oxygen atoms in total. The van der Waals surface area contributed by atoms with Gasteiger partial charge in [0.2, 0.25) is 0 Å². The molecule has 0 aliphatic carbocycles. The van der Waals surface area contributed by atoms with Crippen molar-refractivity contribution in [2.24, 2.45) is 5.11 Å². The fraction of sp³-hybridized carbons (Fsp3) is 0.143. The molecule has 1 N–H and O–H groups in total. The SMILES string of the molecule is Cc1nc(N=N)ccc1C#N. The molecular formula is C7H6N4. The van der Waals surface area contributed by atoms with E-state index in [1.165, 1.54) is 0 Å². The number of pyridine rings is 1. The van der Waals surface area contributed by atoms with Gasteiger partial charge in [0, 0.05) is 0 Å². The summed E-state index contributed by atoms with van der Waals surface area (Å²) in [6.07, 6.45) is 0. The Kier molecular flexibility index (Phi) is 1.93. The number of rotatable bonds is 1. The second-order valence-electron chi connectivity index (χ2n) is 2.03. The van der Waals surface area contributed by atoms with Crippen molar-refractivity contribution in [3.05, 3.63) is 23.4 Å². The van der Waals surface area contributed by atoms with Crippen LogP contribution in [-0.2, 0) is 0 Å². The summed E-state index contributed by atoms with van der Waals surface area (Å²) in [5, 5.41) is 11.7. The Balaban J connectivity index is 3.22. The smallest absolute Gasteiger partial charge is 0.173 e. The van der Waals surface area contributed by atoms with Crippen molar-refractivity contribution < 1.29 is 0 Å². The molecule has 0 saturated carbocycles. The molecule has 0 fully saturated rings. The summed E-state index contributed by atoms with van der Waals surface area (Å²) in [6, 6.07) is 5.13. The molecule has 1 heterocycles. The quantitative estimate of drug-likeness (QED) is 0.614. The van der Waals surface area contributed by atoms with Crippen LogP contribution in [0.1, 0.15) is 11.3 Å². The fourth-order valence-corrected chi connectivity index (χ4v) is 0.728. The van der Waals surface area contributed by atoms with Gasteiger partial charge in [0.05, 0.1) is 11.3 Å². The van der Waals surface area contributed by atoms with Crippen molar-refractivity contribution in [2.75, 3.05) is 0 Å². The summed E-state index contributed by atoms with van der Waals surface area (Å²) in [5.74, 6) is 0.335. The van der Waals surface area contributed by atoms with E-state index < -0.39 is 0 Å². The van der Waals surface area contributed by atoms with Gasteiger partial charge in [-0.3, -0.25) is 0 Å². The second kappa shape index (κ2) is 2.88. The Labute approximate surface area is 64.0 Å². The summed E-state index contributed by atoms with van der Waals surface area (Å²) >= 11 is 0. The number of aryl methyl sites for hydroxylation is 1. The second-order valence-corrected chi connectivity index (χ2v) is 2.03. The summed E-state index contributed by atoms with van der Waals surface area (Å²) in [4.78, 5) is 3.89. The first-order valence-electron chi connectivity index (χ1n) is 3.03. The fourth-order valence-electron chi connectivity index (χ4n) is 0.728. The molecular weight excluding hydrogens is 140 g/mol. The lowest BCUT2D eigenvalue weighted by atomic mass is 10.2. The standard InChI is InChI=1S/C7H6N4/c1-5-6(4-8)2-3-7(10-5)11-9/h2-3,9H,1H3. The molecule has 1 rings (SSSR count). The molecule has 0 atom stereocenters. The Morgan fingerprint density at radius 1 is 1.64 bits per heavy atom. The predicted molar refractivity (Wildman–Crippen MR) is 38.5 cm³/mol. The minimum absolute atomic E-state index is 0.335. The van der Waals surface area contributed by atoms with E-state index in [0.717, 1.165) is 0 Å². The zero-order chi connectivity index (χ0) is 8.27. The molecule has 1 aromatic heterocycles. The molecule has 0 unspecified atom stereocenters. The van der Waals surface area contributed by atoms with Gasteiger partial charge in [-0.25, -0.2) is 10.5 Å². The molecule has 0 spiro atoms. The van der Waals surface area contributed by atoms with Crippen LogP contribution in [0.5, 0.6) is 0 Å². The molecule has 11 heavy (non-hydrogen) atoms. The zero-order valence-corrected chi connectivity index (χ0v) is 6.00. The number of hydrogen-bond acceptors (Lipinski definition) is 4. The molecule has 54 valence electrons. The largest absolute Gasteiger partial charge is 0.231 e. The number of aromatic nitrogens is 1. The average molecular weight is 146 g/mol. The van der Waals surface area contributed by atoms with Crippen LogP contribution in [0.25, 0.3) is 0 Å². The van der Waals surface area contributed by atoms with E-state index in [2.05, 4.69) is 10.1 Å². The van der Waals surface area contributed by atoms with E-state index >= 15 is 0 Å². The van der Waals surface area contributed by atoms with Crippen molar-refractivity contribution in [2.45, 2.75) is 6.92 Å². The van der Waals surface area contributed by atoms with Crippen LogP contribution in [-0.4, -0.2) is 4.98 Å². The van der Waals surface area contributed by atoms with Gasteiger partial charge < -0.3 is 0 Å². The minimum Gasteiger partial charge on any atom is -0.231 e. The molecule has 0 bridgehead atoms. The van der Waals surface area contributed by atoms with Crippen molar-refractivity contribution >= 4 is 5.82 Å². The minimum atomic E-state index is 0.335. The number of hydrogen-bond donors (Lipinski definition) is 1. The monoisotopic (exact) mass is 146 g/mol. The maximum atomic E-state index is 8.51. The summed E-state index contributed by atoms with van der Waals surface area (Å²) in [5.41, 5.74) is 7.78. The number of nitrogens with zero attached hydrogens (tertiary/aromatic N) is 3. The Morgan fingerprint density at radius 3 is 2.82 bits per heavy atom. The van der Waals surface area contributed by atoms with E-state index in [-0.39, 0.29) is 0 Å². The van der Waals surface area contributed by atoms with Gasteiger partial charge >= 0.3 is 0 Å². The number of nitrogens with one attached hydrogen (secondary N) is 1. The van der Waals surface area contributed by atoms with Crippen LogP contribution >= 0.6 is 0 Å². The van der Waals surface area contributed by atoms with Crippen molar-refractivity contribution in [1.29, 1.82) is 10.8 Å². The highest BCUT2D eigenvalue weighted by Crippen LogP contribution is 2.11. The van der Waals surface area contributed by atoms with E-state index in [0.29, 0.717) is 17.1 Å². The Morgan fingerprint density at radius 2 is 2.36 bits per heavy atom. The van der Waals surface area contributed by atoms with Crippen molar-refractivity contribution in [1.82, 2.24) is 4.98 Å². The van der Waals surface area contributed by atoms with E-state index in [9.17, 15) is 0 Å². The Hall–Kier alpha value is -1.76. The normalized spacial score (nSPS) is 8.73. The predicted octanol–water partition coefficient (Wildman–Crippen LogP) is 1.92. The van der Waals surface area contributed by atoms with E-state index in [1.54, 1.807) is 19.1 Å². The first kappa shape index (κ1) is 7.35. The molecule has 4 heteroatoms. The molecule has 0 aliphatic rings. The first-order chi connectivity index (χ1) is 5.27. The lowest BCUT2D eigenvalue weighted by Crippen LogP contribution is -1.85. The van der Waals surface area contributed by atoms with Gasteiger partial charge in [-0.05, 0) is 19.1 Å². The molecule has 0 amide bonds.